The Morgan fingerprint density at radius 3 is 2.74 bits per heavy atom. The van der Waals surface area contributed by atoms with Gasteiger partial charge in [0.2, 0.25) is 0 Å². The number of fused-ring (bicyclic) bond motifs is 1. The van der Waals surface area contributed by atoms with Gasteiger partial charge in [0.15, 0.2) is 10.1 Å². The topological polar surface area (TPSA) is 135 Å². The van der Waals surface area contributed by atoms with Crippen molar-refractivity contribution >= 4 is 52.6 Å². The van der Waals surface area contributed by atoms with E-state index in [1.165, 1.54) is 51.4 Å². The Bertz CT molecular complexity index is 1450. The van der Waals surface area contributed by atoms with E-state index in [-0.39, 0.29) is 18.1 Å². The Balaban J connectivity index is 1.20. The minimum absolute atomic E-state index is 0.0261. The van der Waals surface area contributed by atoms with Crippen LogP contribution in [0.4, 0.5) is 0 Å². The van der Waals surface area contributed by atoms with Crippen LogP contribution in [0.3, 0.4) is 0 Å². The number of furan rings is 1. The van der Waals surface area contributed by atoms with E-state index in [0.717, 1.165) is 14.9 Å². The van der Waals surface area contributed by atoms with E-state index in [1.54, 1.807) is 6.07 Å². The number of nitrogens with zero attached hydrogens (tertiary/aromatic N) is 3. The molecule has 1 fully saturated rings. The summed E-state index contributed by atoms with van der Waals surface area (Å²) in [6.07, 6.45) is 0. The van der Waals surface area contributed by atoms with Crippen molar-refractivity contribution in [2.75, 3.05) is 11.5 Å². The number of aliphatic carboxylic acids is 1. The Morgan fingerprint density at radius 2 is 2.03 bits per heavy atom. The first kappa shape index (κ1) is 26.3. The van der Waals surface area contributed by atoms with E-state index in [1.807, 2.05) is 39.0 Å². The van der Waals surface area contributed by atoms with Crippen LogP contribution in [0.5, 0.6) is 5.75 Å². The molecule has 0 unspecified atom stereocenters. The highest BCUT2D eigenvalue weighted by molar-refractivity contribution is 8.01. The predicted molar refractivity (Wildman–Crippen MR) is 143 cm³/mol. The summed E-state index contributed by atoms with van der Waals surface area (Å²) in [6.45, 7) is 6.02. The maximum absolute atomic E-state index is 12.9. The first-order valence-electron chi connectivity index (χ1n) is 11.6. The summed E-state index contributed by atoms with van der Waals surface area (Å²) in [5.74, 6) is -0.160. The molecule has 2 atom stereocenters. The molecule has 2 aliphatic heterocycles. The SMILES string of the molecule is Cc1nnc(SCC2=C(C(=O)O)N3C(=O)[C@H](NC(=O)c4ccc(COc5ccc(C)c(C)c5)o4)[C@H]3SC2)s1. The predicted octanol–water partition coefficient (Wildman–Crippen LogP) is 3.78. The van der Waals surface area contributed by atoms with Gasteiger partial charge in [0, 0.05) is 11.5 Å². The van der Waals surface area contributed by atoms with Crippen LogP contribution in [0, 0.1) is 20.8 Å². The van der Waals surface area contributed by atoms with Gasteiger partial charge < -0.3 is 19.6 Å². The molecule has 2 aromatic heterocycles. The number of hydrogen-bond acceptors (Lipinski definition) is 10. The molecule has 0 saturated carbocycles. The van der Waals surface area contributed by atoms with Crippen LogP contribution in [0.1, 0.15) is 32.4 Å². The van der Waals surface area contributed by atoms with Crippen molar-refractivity contribution < 1.29 is 28.6 Å². The molecule has 1 saturated heterocycles. The van der Waals surface area contributed by atoms with Crippen molar-refractivity contribution in [2.45, 2.75) is 43.1 Å². The molecule has 5 rings (SSSR count). The maximum atomic E-state index is 12.9. The van der Waals surface area contributed by atoms with Crippen LogP contribution in [0.2, 0.25) is 0 Å². The summed E-state index contributed by atoms with van der Waals surface area (Å²) in [6, 6.07) is 8.10. The van der Waals surface area contributed by atoms with E-state index in [9.17, 15) is 19.5 Å². The molecular formula is C25H24N4O6S3. The number of hydrogen-bond donors (Lipinski definition) is 2. The third-order valence-electron chi connectivity index (χ3n) is 6.16. The van der Waals surface area contributed by atoms with Gasteiger partial charge in [-0.3, -0.25) is 14.5 Å². The smallest absolute Gasteiger partial charge is 0.352 e. The summed E-state index contributed by atoms with van der Waals surface area (Å²) in [4.78, 5) is 39.1. The standard InChI is InChI=1S/C25H24N4O6S3/c1-12-4-5-16(8-13(12)2)34-9-17-6-7-18(35-17)21(30)26-19-22(31)29-20(24(32)33)15(10-36-23(19)29)11-37-25-28-27-14(3)38-25/h4-8,19,23H,9-11H2,1-3H3,(H,26,30)(H,32,33)/t19-,23+/m0/s1. The number of rotatable bonds is 9. The van der Waals surface area contributed by atoms with Gasteiger partial charge in [-0.15, -0.1) is 22.0 Å². The molecule has 2 amide bonds. The molecule has 198 valence electrons. The largest absolute Gasteiger partial charge is 0.486 e. The van der Waals surface area contributed by atoms with Gasteiger partial charge in [-0.25, -0.2) is 4.79 Å². The molecule has 10 nitrogen and oxygen atoms in total. The fourth-order valence-corrected chi connectivity index (χ4v) is 7.33. The molecule has 0 spiro atoms. The first-order valence-corrected chi connectivity index (χ1v) is 14.5. The Labute approximate surface area is 230 Å². The zero-order valence-electron chi connectivity index (χ0n) is 20.7. The van der Waals surface area contributed by atoms with Gasteiger partial charge in [-0.05, 0) is 61.7 Å². The molecular weight excluding hydrogens is 548 g/mol. The van der Waals surface area contributed by atoms with Crippen LogP contribution < -0.4 is 10.1 Å². The molecule has 13 heteroatoms. The number of carboxylic acid groups (broad SMARTS) is 1. The molecule has 2 aliphatic rings. The van der Waals surface area contributed by atoms with E-state index in [0.29, 0.717) is 28.6 Å². The number of nitrogens with one attached hydrogen (secondary N) is 1. The lowest BCUT2D eigenvalue weighted by Gasteiger charge is -2.49. The third kappa shape index (κ3) is 5.31. The highest BCUT2D eigenvalue weighted by Crippen LogP contribution is 2.42. The highest BCUT2D eigenvalue weighted by Gasteiger charge is 2.54. The van der Waals surface area contributed by atoms with E-state index < -0.39 is 29.2 Å². The van der Waals surface area contributed by atoms with Gasteiger partial charge in [0.05, 0.1) is 0 Å². The molecule has 0 aliphatic carbocycles. The zero-order valence-corrected chi connectivity index (χ0v) is 23.2. The van der Waals surface area contributed by atoms with Crippen LogP contribution in [0.25, 0.3) is 0 Å². The van der Waals surface area contributed by atoms with Crippen LogP contribution in [0.15, 0.2) is 50.4 Å². The average molecular weight is 573 g/mol. The van der Waals surface area contributed by atoms with Gasteiger partial charge in [-0.1, -0.05) is 29.2 Å². The molecule has 38 heavy (non-hydrogen) atoms. The van der Waals surface area contributed by atoms with Gasteiger partial charge >= 0.3 is 5.97 Å². The van der Waals surface area contributed by atoms with Crippen molar-refractivity contribution in [3.05, 3.63) is 69.3 Å². The third-order valence-corrected chi connectivity index (χ3v) is 9.56. The second-order valence-corrected chi connectivity index (χ2v) is 12.3. The van der Waals surface area contributed by atoms with Crippen molar-refractivity contribution in [2.24, 2.45) is 0 Å². The number of benzene rings is 1. The minimum Gasteiger partial charge on any atom is -0.486 e. The number of carbonyl (C=O) groups is 3. The number of thioether (sulfide) groups is 2. The fourth-order valence-electron chi connectivity index (χ4n) is 4.03. The molecule has 1 aromatic carbocycles. The second kappa shape index (κ2) is 10.8. The fraction of sp³-hybridized carbons (Fsp3) is 0.320. The van der Waals surface area contributed by atoms with Crippen molar-refractivity contribution in [3.8, 4) is 5.75 Å². The van der Waals surface area contributed by atoms with Gasteiger partial charge in [-0.2, -0.15) is 0 Å². The molecule has 4 heterocycles. The summed E-state index contributed by atoms with van der Waals surface area (Å²) >= 11 is 4.24. The number of aryl methyl sites for hydroxylation is 3. The average Bonchev–Trinajstić information content (AvgIpc) is 3.54. The summed E-state index contributed by atoms with van der Waals surface area (Å²) in [7, 11) is 0. The van der Waals surface area contributed by atoms with Gasteiger partial charge in [0.25, 0.3) is 11.8 Å². The summed E-state index contributed by atoms with van der Waals surface area (Å²) in [5.41, 5.74) is 2.88. The molecule has 3 aromatic rings. The zero-order chi connectivity index (χ0) is 27.0. The minimum atomic E-state index is -1.17. The van der Waals surface area contributed by atoms with Crippen molar-refractivity contribution in [1.82, 2.24) is 20.4 Å². The lowest BCUT2D eigenvalue weighted by atomic mass is 10.0. The molecule has 0 radical (unpaired) electrons. The summed E-state index contributed by atoms with van der Waals surface area (Å²) < 4.78 is 12.1. The quantitative estimate of drug-likeness (QED) is 0.288. The van der Waals surface area contributed by atoms with Crippen molar-refractivity contribution in [1.29, 1.82) is 0 Å². The van der Waals surface area contributed by atoms with Crippen LogP contribution in [-0.2, 0) is 16.2 Å². The van der Waals surface area contributed by atoms with Crippen molar-refractivity contribution in [3.63, 3.8) is 0 Å². The lowest BCUT2D eigenvalue weighted by molar-refractivity contribution is -0.148. The lowest BCUT2D eigenvalue weighted by Crippen LogP contribution is -2.70. The maximum Gasteiger partial charge on any atom is 0.352 e. The number of carboxylic acids is 1. The highest BCUT2D eigenvalue weighted by atomic mass is 32.2. The van der Waals surface area contributed by atoms with Crippen LogP contribution in [-0.4, -0.2) is 60.9 Å². The number of carbonyl (C=O) groups excluding carboxylic acids is 2. The summed E-state index contributed by atoms with van der Waals surface area (Å²) in [5, 5.41) is 20.9. The Morgan fingerprint density at radius 1 is 1.21 bits per heavy atom. The van der Waals surface area contributed by atoms with E-state index in [2.05, 4.69) is 15.5 Å². The van der Waals surface area contributed by atoms with Gasteiger partial charge in [0.1, 0.15) is 40.2 Å². The van der Waals surface area contributed by atoms with E-state index in [4.69, 9.17) is 9.15 Å². The normalized spacial score (nSPS) is 18.7. The molecule has 2 N–H and O–H groups in total. The number of ether oxygens (including phenoxy) is 1. The monoisotopic (exact) mass is 572 g/mol. The Kier molecular flexibility index (Phi) is 7.50. The molecule has 0 bridgehead atoms. The second-order valence-electron chi connectivity index (χ2n) is 8.79. The Hall–Kier alpha value is -3.29. The van der Waals surface area contributed by atoms with E-state index >= 15 is 0 Å². The number of β-lactam (4-membered cyclic amide) rings is 1. The first-order chi connectivity index (χ1) is 18.2. The van der Waals surface area contributed by atoms with Crippen LogP contribution >= 0.6 is 34.9 Å². The number of aromatic nitrogens is 2. The number of amides is 2.